The molecule has 140 valence electrons. The van der Waals surface area contributed by atoms with Gasteiger partial charge >= 0.3 is 6.03 Å². The maximum Gasteiger partial charge on any atom is 0.341 e. The minimum Gasteiger partial charge on any atom is -0.317 e. The zero-order valence-electron chi connectivity index (χ0n) is 15.3. The summed E-state index contributed by atoms with van der Waals surface area (Å²) >= 11 is 1.67. The molecule has 0 unspecified atom stereocenters. The molecule has 0 bridgehead atoms. The Morgan fingerprint density at radius 2 is 2.16 bits per heavy atom. The molecule has 1 aromatic rings. The number of amides is 2. The van der Waals surface area contributed by atoms with Gasteiger partial charge in [-0.2, -0.15) is 11.3 Å². The number of hydroxylamine groups is 1. The Bertz CT molecular complexity index is 537. The van der Waals surface area contributed by atoms with E-state index in [1.165, 1.54) is 25.5 Å². The standard InChI is InChI=1S/C18H30N4O2S/c1-18(6-8-19-9-7-18)21-10-3-16(4-11-21)22(17(23)20-24-2)13-15-5-12-25-14-15/h5,12,14,16,19H,3-4,6-11,13H2,1-2H3,(H,20,23). The van der Waals surface area contributed by atoms with Crippen molar-refractivity contribution in [3.63, 3.8) is 0 Å². The smallest absolute Gasteiger partial charge is 0.317 e. The molecule has 2 amide bonds. The number of carbonyl (C=O) groups is 1. The minimum absolute atomic E-state index is 0.139. The highest BCUT2D eigenvalue weighted by molar-refractivity contribution is 7.07. The van der Waals surface area contributed by atoms with Crippen LogP contribution in [0.4, 0.5) is 4.79 Å². The second-order valence-corrected chi connectivity index (χ2v) is 8.12. The van der Waals surface area contributed by atoms with Gasteiger partial charge in [-0.1, -0.05) is 0 Å². The molecule has 2 aliphatic rings. The van der Waals surface area contributed by atoms with E-state index in [2.05, 4.69) is 39.4 Å². The maximum absolute atomic E-state index is 12.5. The number of rotatable bonds is 5. The lowest BCUT2D eigenvalue weighted by Gasteiger charge is -2.48. The van der Waals surface area contributed by atoms with Crippen molar-refractivity contribution in [3.05, 3.63) is 22.4 Å². The zero-order valence-corrected chi connectivity index (χ0v) is 16.1. The Morgan fingerprint density at radius 1 is 1.44 bits per heavy atom. The molecule has 0 spiro atoms. The average Bonchev–Trinajstić information content (AvgIpc) is 3.14. The number of thiophene rings is 1. The van der Waals surface area contributed by atoms with Crippen LogP contribution in [0.25, 0.3) is 0 Å². The fraction of sp³-hybridized carbons (Fsp3) is 0.722. The largest absolute Gasteiger partial charge is 0.341 e. The Kier molecular flexibility index (Phi) is 6.33. The van der Waals surface area contributed by atoms with Crippen LogP contribution in [0.3, 0.4) is 0 Å². The summed E-state index contributed by atoms with van der Waals surface area (Å²) in [7, 11) is 1.49. The number of hydrogen-bond donors (Lipinski definition) is 2. The maximum atomic E-state index is 12.5. The van der Waals surface area contributed by atoms with Crippen molar-refractivity contribution in [2.45, 2.75) is 50.7 Å². The molecule has 6 nitrogen and oxygen atoms in total. The van der Waals surface area contributed by atoms with Crippen LogP contribution in [0.2, 0.25) is 0 Å². The van der Waals surface area contributed by atoms with E-state index in [9.17, 15) is 4.79 Å². The molecule has 0 radical (unpaired) electrons. The van der Waals surface area contributed by atoms with Gasteiger partial charge in [0.25, 0.3) is 0 Å². The lowest BCUT2D eigenvalue weighted by atomic mass is 9.86. The third kappa shape index (κ3) is 4.53. The van der Waals surface area contributed by atoms with E-state index < -0.39 is 0 Å². The third-order valence-corrected chi connectivity index (χ3v) is 6.46. The molecule has 0 saturated carbocycles. The molecule has 2 saturated heterocycles. The summed E-state index contributed by atoms with van der Waals surface area (Å²) < 4.78 is 0. The van der Waals surface area contributed by atoms with Gasteiger partial charge in [-0.25, -0.2) is 10.3 Å². The second kappa shape index (κ2) is 8.49. The highest BCUT2D eigenvalue weighted by Crippen LogP contribution is 2.30. The van der Waals surface area contributed by atoms with Crippen molar-refractivity contribution in [2.75, 3.05) is 33.3 Å². The van der Waals surface area contributed by atoms with Crippen LogP contribution in [-0.4, -0.2) is 60.7 Å². The molecule has 7 heteroatoms. The summed E-state index contributed by atoms with van der Waals surface area (Å²) in [6, 6.07) is 2.21. The van der Waals surface area contributed by atoms with Crippen molar-refractivity contribution in [1.29, 1.82) is 0 Å². The van der Waals surface area contributed by atoms with Crippen molar-refractivity contribution in [1.82, 2.24) is 20.6 Å². The zero-order chi connectivity index (χ0) is 17.7. The average molecular weight is 367 g/mol. The van der Waals surface area contributed by atoms with Crippen molar-refractivity contribution in [3.8, 4) is 0 Å². The Labute approximate surface area is 154 Å². The molecule has 2 aliphatic heterocycles. The Hall–Kier alpha value is -1.15. The topological polar surface area (TPSA) is 56.8 Å². The molecule has 1 aromatic heterocycles. The fourth-order valence-corrected chi connectivity index (χ4v) is 4.75. The quantitative estimate of drug-likeness (QED) is 0.786. The molecule has 3 rings (SSSR count). The lowest BCUT2D eigenvalue weighted by molar-refractivity contribution is 0.0202. The number of likely N-dealkylation sites (tertiary alicyclic amines) is 1. The number of carbonyl (C=O) groups excluding carboxylic acids is 1. The lowest BCUT2D eigenvalue weighted by Crippen LogP contribution is -2.57. The fourth-order valence-electron chi connectivity index (χ4n) is 4.09. The first-order valence-corrected chi connectivity index (χ1v) is 10.1. The molecular formula is C18H30N4O2S. The van der Waals surface area contributed by atoms with E-state index in [1.54, 1.807) is 11.3 Å². The molecular weight excluding hydrogens is 336 g/mol. The van der Waals surface area contributed by atoms with E-state index in [0.29, 0.717) is 12.1 Å². The van der Waals surface area contributed by atoms with E-state index in [0.717, 1.165) is 39.0 Å². The summed E-state index contributed by atoms with van der Waals surface area (Å²) in [6.07, 6.45) is 4.45. The van der Waals surface area contributed by atoms with Crippen LogP contribution in [0, 0.1) is 0 Å². The Balaban J connectivity index is 1.62. The van der Waals surface area contributed by atoms with Crippen molar-refractivity contribution in [2.24, 2.45) is 0 Å². The van der Waals surface area contributed by atoms with Gasteiger partial charge in [0.1, 0.15) is 0 Å². The molecule has 25 heavy (non-hydrogen) atoms. The van der Waals surface area contributed by atoms with Gasteiger partial charge in [-0.3, -0.25) is 9.74 Å². The summed E-state index contributed by atoms with van der Waals surface area (Å²) in [5.74, 6) is 0. The molecule has 3 heterocycles. The third-order valence-electron chi connectivity index (χ3n) is 5.73. The highest BCUT2D eigenvalue weighted by atomic mass is 32.1. The van der Waals surface area contributed by atoms with E-state index >= 15 is 0 Å². The van der Waals surface area contributed by atoms with Gasteiger partial charge in [0.05, 0.1) is 7.11 Å². The first-order valence-electron chi connectivity index (χ1n) is 9.19. The summed E-state index contributed by atoms with van der Waals surface area (Å²) in [5.41, 5.74) is 4.00. The van der Waals surface area contributed by atoms with Gasteiger partial charge in [0.2, 0.25) is 0 Å². The second-order valence-electron chi connectivity index (χ2n) is 7.34. The molecule has 2 N–H and O–H groups in total. The summed E-state index contributed by atoms with van der Waals surface area (Å²) in [6.45, 7) is 7.37. The van der Waals surface area contributed by atoms with Crippen molar-refractivity contribution >= 4 is 17.4 Å². The summed E-state index contributed by atoms with van der Waals surface area (Å²) in [5, 5.41) is 7.63. The predicted octanol–water partition coefficient (Wildman–Crippen LogP) is 2.43. The molecule has 2 fully saturated rings. The van der Waals surface area contributed by atoms with Gasteiger partial charge in [-0.05, 0) is 68.1 Å². The molecule has 0 aliphatic carbocycles. The normalized spacial score (nSPS) is 21.8. The van der Waals surface area contributed by atoms with Crippen LogP contribution in [0.15, 0.2) is 16.8 Å². The van der Waals surface area contributed by atoms with E-state index in [-0.39, 0.29) is 12.1 Å². The number of urea groups is 1. The van der Waals surface area contributed by atoms with Gasteiger partial charge < -0.3 is 10.2 Å². The van der Waals surface area contributed by atoms with Gasteiger partial charge in [0, 0.05) is 31.2 Å². The number of nitrogens with zero attached hydrogens (tertiary/aromatic N) is 2. The van der Waals surface area contributed by atoms with E-state index in [4.69, 9.17) is 4.84 Å². The molecule has 0 aromatic carbocycles. The monoisotopic (exact) mass is 366 g/mol. The predicted molar refractivity (Wildman–Crippen MR) is 101 cm³/mol. The summed E-state index contributed by atoms with van der Waals surface area (Å²) in [4.78, 5) is 21.9. The van der Waals surface area contributed by atoms with Crippen molar-refractivity contribution < 1.29 is 9.63 Å². The number of piperidine rings is 2. The van der Waals surface area contributed by atoms with Gasteiger partial charge in [0.15, 0.2) is 0 Å². The van der Waals surface area contributed by atoms with Crippen LogP contribution >= 0.6 is 11.3 Å². The van der Waals surface area contributed by atoms with Gasteiger partial charge in [-0.15, -0.1) is 0 Å². The van der Waals surface area contributed by atoms with Crippen LogP contribution in [0.1, 0.15) is 38.2 Å². The van der Waals surface area contributed by atoms with E-state index in [1.807, 2.05) is 4.90 Å². The number of nitrogens with one attached hydrogen (secondary N) is 2. The van der Waals surface area contributed by atoms with Crippen LogP contribution in [0.5, 0.6) is 0 Å². The minimum atomic E-state index is -0.139. The first-order chi connectivity index (χ1) is 12.1. The molecule has 0 atom stereocenters. The number of hydrogen-bond acceptors (Lipinski definition) is 5. The Morgan fingerprint density at radius 3 is 2.76 bits per heavy atom. The van der Waals surface area contributed by atoms with Crippen LogP contribution in [-0.2, 0) is 11.4 Å². The van der Waals surface area contributed by atoms with Crippen LogP contribution < -0.4 is 10.8 Å². The highest BCUT2D eigenvalue weighted by Gasteiger charge is 2.37. The first kappa shape index (κ1) is 18.6. The SMILES string of the molecule is CONC(=O)N(Cc1ccsc1)C1CCN(C2(C)CCNCC2)CC1.